The molecular weight excluding hydrogens is 349 g/mol. The van der Waals surface area contributed by atoms with Crippen molar-refractivity contribution in [3.63, 3.8) is 0 Å². The van der Waals surface area contributed by atoms with Gasteiger partial charge in [-0.15, -0.1) is 13.2 Å². The lowest BCUT2D eigenvalue weighted by atomic mass is 9.79. The van der Waals surface area contributed by atoms with Crippen molar-refractivity contribution in [1.82, 2.24) is 0 Å². The summed E-state index contributed by atoms with van der Waals surface area (Å²) in [4.78, 5) is 0. The van der Waals surface area contributed by atoms with Gasteiger partial charge in [0, 0.05) is 11.5 Å². The zero-order valence-electron chi connectivity index (χ0n) is 15.4. The number of aryl methyl sites for hydroxylation is 1. The molecule has 1 fully saturated rings. The maximum Gasteiger partial charge on any atom is 0.573 e. The monoisotopic (exact) mass is 372 g/mol. The molecule has 1 aliphatic carbocycles. The summed E-state index contributed by atoms with van der Waals surface area (Å²) in [6.45, 7) is 2.16. The van der Waals surface area contributed by atoms with Crippen molar-refractivity contribution in [1.29, 1.82) is 0 Å². The summed E-state index contributed by atoms with van der Waals surface area (Å²) in [5.74, 6) is 7.10. The number of benzene rings is 2. The van der Waals surface area contributed by atoms with Crippen LogP contribution in [0.5, 0.6) is 5.75 Å². The molecule has 27 heavy (non-hydrogen) atoms. The Hall–Kier alpha value is -2.41. The van der Waals surface area contributed by atoms with E-state index < -0.39 is 6.36 Å². The molecule has 0 aromatic heterocycles. The molecule has 0 aliphatic heterocycles. The molecule has 0 N–H and O–H groups in total. The van der Waals surface area contributed by atoms with E-state index in [-0.39, 0.29) is 5.75 Å². The fourth-order valence-corrected chi connectivity index (χ4v) is 3.52. The third-order valence-corrected chi connectivity index (χ3v) is 5.10. The lowest BCUT2D eigenvalue weighted by Gasteiger charge is -2.26. The van der Waals surface area contributed by atoms with Crippen LogP contribution in [-0.2, 0) is 6.42 Å². The fourth-order valence-electron chi connectivity index (χ4n) is 3.52. The number of halogens is 3. The van der Waals surface area contributed by atoms with E-state index in [9.17, 15) is 13.2 Å². The maximum absolute atomic E-state index is 12.2. The van der Waals surface area contributed by atoms with E-state index in [0.29, 0.717) is 17.4 Å². The molecule has 2 aromatic rings. The van der Waals surface area contributed by atoms with E-state index in [1.165, 1.54) is 23.3 Å². The minimum atomic E-state index is -4.66. The quantitative estimate of drug-likeness (QED) is 0.561. The van der Waals surface area contributed by atoms with Gasteiger partial charge in [-0.3, -0.25) is 0 Å². The molecule has 142 valence electrons. The number of ether oxygens (including phenoxy) is 1. The predicted octanol–water partition coefficient (Wildman–Crippen LogP) is 6.47. The number of hydrogen-bond acceptors (Lipinski definition) is 1. The Balaban J connectivity index is 1.53. The molecule has 3 rings (SSSR count). The average Bonchev–Trinajstić information content (AvgIpc) is 2.67. The van der Waals surface area contributed by atoms with Crippen LogP contribution in [0, 0.1) is 17.8 Å². The van der Waals surface area contributed by atoms with Crippen molar-refractivity contribution in [2.24, 2.45) is 5.92 Å². The van der Waals surface area contributed by atoms with Gasteiger partial charge in [-0.1, -0.05) is 43.0 Å². The summed E-state index contributed by atoms with van der Waals surface area (Å²) < 4.78 is 40.4. The van der Waals surface area contributed by atoms with Crippen LogP contribution < -0.4 is 4.74 Å². The summed E-state index contributed by atoms with van der Waals surface area (Å²) in [7, 11) is 0. The highest BCUT2D eigenvalue weighted by molar-refractivity contribution is 5.38. The Kier molecular flexibility index (Phi) is 6.11. The number of alkyl halides is 3. The molecule has 1 aliphatic rings. The number of rotatable bonds is 3. The second-order valence-electron chi connectivity index (χ2n) is 6.99. The first-order valence-electron chi connectivity index (χ1n) is 9.39. The second kappa shape index (κ2) is 8.52. The van der Waals surface area contributed by atoms with Crippen LogP contribution in [0.3, 0.4) is 0 Å². The molecular formula is C23H23F3O. The zero-order valence-corrected chi connectivity index (χ0v) is 15.4. The molecule has 0 amide bonds. The molecule has 4 heteroatoms. The normalized spacial score (nSPS) is 19.9. The summed E-state index contributed by atoms with van der Waals surface area (Å²) in [6.07, 6.45) is 0.770. The Labute approximate surface area is 158 Å². The highest BCUT2D eigenvalue weighted by atomic mass is 19.4. The molecule has 0 radical (unpaired) electrons. The van der Waals surface area contributed by atoms with Gasteiger partial charge in [-0.2, -0.15) is 0 Å². The summed E-state index contributed by atoms with van der Waals surface area (Å²) in [6, 6.07) is 14.7. The molecule has 0 unspecified atom stereocenters. The van der Waals surface area contributed by atoms with E-state index in [1.807, 2.05) is 0 Å². The largest absolute Gasteiger partial charge is 0.573 e. The Morgan fingerprint density at radius 1 is 0.926 bits per heavy atom. The van der Waals surface area contributed by atoms with Crippen molar-refractivity contribution in [2.75, 3.05) is 0 Å². The minimum absolute atomic E-state index is 0.220. The van der Waals surface area contributed by atoms with Crippen molar-refractivity contribution in [3.05, 3.63) is 65.2 Å². The van der Waals surface area contributed by atoms with Crippen molar-refractivity contribution >= 4 is 0 Å². The van der Waals surface area contributed by atoms with Crippen LogP contribution >= 0.6 is 0 Å². The highest BCUT2D eigenvalue weighted by Crippen LogP contribution is 2.35. The minimum Gasteiger partial charge on any atom is -0.406 e. The van der Waals surface area contributed by atoms with Crippen LogP contribution in [0.4, 0.5) is 13.2 Å². The second-order valence-corrected chi connectivity index (χ2v) is 6.99. The first-order chi connectivity index (χ1) is 12.9. The van der Waals surface area contributed by atoms with Crippen molar-refractivity contribution in [3.8, 4) is 17.6 Å². The van der Waals surface area contributed by atoms with E-state index >= 15 is 0 Å². The molecule has 0 spiro atoms. The van der Waals surface area contributed by atoms with Gasteiger partial charge in [0.25, 0.3) is 0 Å². The van der Waals surface area contributed by atoms with Gasteiger partial charge in [0.2, 0.25) is 0 Å². The topological polar surface area (TPSA) is 9.23 Å². The maximum atomic E-state index is 12.2. The van der Waals surface area contributed by atoms with Crippen LogP contribution in [0.1, 0.15) is 55.2 Å². The first-order valence-corrected chi connectivity index (χ1v) is 9.39. The van der Waals surface area contributed by atoms with Gasteiger partial charge < -0.3 is 4.74 Å². The molecule has 0 atom stereocenters. The average molecular weight is 372 g/mol. The van der Waals surface area contributed by atoms with E-state index in [2.05, 4.69) is 47.8 Å². The molecule has 2 aromatic carbocycles. The molecule has 0 bridgehead atoms. The number of hydrogen-bond donors (Lipinski definition) is 0. The third-order valence-electron chi connectivity index (χ3n) is 5.10. The Bertz CT molecular complexity index is 787. The van der Waals surface area contributed by atoms with Gasteiger partial charge in [0.15, 0.2) is 0 Å². The van der Waals surface area contributed by atoms with Gasteiger partial charge in [-0.05, 0) is 73.4 Å². The Morgan fingerprint density at radius 2 is 1.56 bits per heavy atom. The first kappa shape index (κ1) is 19.4. The van der Waals surface area contributed by atoms with Gasteiger partial charge in [0.1, 0.15) is 5.75 Å². The zero-order chi connectivity index (χ0) is 19.3. The summed E-state index contributed by atoms with van der Waals surface area (Å²) in [5.41, 5.74) is 3.49. The molecule has 1 saturated carbocycles. The lowest BCUT2D eigenvalue weighted by molar-refractivity contribution is -0.274. The highest BCUT2D eigenvalue weighted by Gasteiger charge is 2.30. The van der Waals surface area contributed by atoms with E-state index in [1.54, 1.807) is 12.1 Å². The molecule has 0 saturated heterocycles. The molecule has 0 heterocycles. The van der Waals surface area contributed by atoms with Crippen molar-refractivity contribution in [2.45, 2.75) is 51.3 Å². The van der Waals surface area contributed by atoms with Crippen LogP contribution in [-0.4, -0.2) is 6.36 Å². The summed E-state index contributed by atoms with van der Waals surface area (Å²) in [5, 5.41) is 0. The summed E-state index contributed by atoms with van der Waals surface area (Å²) >= 11 is 0. The molecule has 1 nitrogen and oxygen atoms in total. The van der Waals surface area contributed by atoms with Gasteiger partial charge in [0.05, 0.1) is 0 Å². The third kappa shape index (κ3) is 5.79. The Morgan fingerprint density at radius 3 is 2.11 bits per heavy atom. The predicted molar refractivity (Wildman–Crippen MR) is 101 cm³/mol. The standard InChI is InChI=1S/C23H23F3O/c1-2-17-5-11-20(12-6-17)21-13-7-18(8-14-21)3-4-19-9-15-22(16-10-19)27-23(24,25)26/h5-6,9-12,15-16,18,21H,2,7-8,13-14H2,1H3. The smallest absolute Gasteiger partial charge is 0.406 e. The van der Waals surface area contributed by atoms with Crippen LogP contribution in [0.25, 0.3) is 0 Å². The fraction of sp³-hybridized carbons (Fsp3) is 0.391. The van der Waals surface area contributed by atoms with Crippen LogP contribution in [0.15, 0.2) is 48.5 Å². The van der Waals surface area contributed by atoms with E-state index in [0.717, 1.165) is 32.1 Å². The van der Waals surface area contributed by atoms with Crippen molar-refractivity contribution < 1.29 is 17.9 Å². The van der Waals surface area contributed by atoms with Gasteiger partial charge >= 0.3 is 6.36 Å². The van der Waals surface area contributed by atoms with E-state index in [4.69, 9.17) is 0 Å². The SMILES string of the molecule is CCc1ccc(C2CCC(C#Cc3ccc(OC(F)(F)F)cc3)CC2)cc1. The van der Waals surface area contributed by atoms with Gasteiger partial charge in [-0.25, -0.2) is 0 Å². The van der Waals surface area contributed by atoms with Crippen LogP contribution in [0.2, 0.25) is 0 Å². The lowest BCUT2D eigenvalue weighted by Crippen LogP contribution is -2.16.